The number of pyridine rings is 1. The van der Waals surface area contributed by atoms with E-state index in [-0.39, 0.29) is 17.3 Å². The summed E-state index contributed by atoms with van der Waals surface area (Å²) in [6.45, 7) is 5.19. The zero-order valence-electron chi connectivity index (χ0n) is 13.0. The van der Waals surface area contributed by atoms with E-state index >= 15 is 0 Å². The molecule has 0 radical (unpaired) electrons. The topological polar surface area (TPSA) is 77.2 Å². The smallest absolute Gasteiger partial charge is 0.338 e. The minimum Gasteiger partial charge on any atom is -0.478 e. The Labute approximate surface area is 137 Å². The normalized spacial score (nSPS) is 12.9. The Hall–Kier alpha value is -2.15. The Bertz CT molecular complexity index is 716. The zero-order chi connectivity index (χ0) is 17.2. The van der Waals surface area contributed by atoms with Gasteiger partial charge in [-0.05, 0) is 19.1 Å². The highest BCUT2D eigenvalue weighted by Gasteiger charge is 2.27. The van der Waals surface area contributed by atoms with Gasteiger partial charge < -0.3 is 9.84 Å². The van der Waals surface area contributed by atoms with Crippen LogP contribution in [0.2, 0.25) is 5.15 Å². The highest BCUT2D eigenvalue weighted by Crippen LogP contribution is 2.24. The number of aromatic carboxylic acids is 1. The van der Waals surface area contributed by atoms with E-state index in [2.05, 4.69) is 10.1 Å². The maximum atomic E-state index is 13.4. The minimum absolute atomic E-state index is 0.0854. The van der Waals surface area contributed by atoms with Gasteiger partial charge in [0.25, 0.3) is 0 Å². The zero-order valence-corrected chi connectivity index (χ0v) is 13.7. The largest absolute Gasteiger partial charge is 0.478 e. The third kappa shape index (κ3) is 3.98. The van der Waals surface area contributed by atoms with Crippen molar-refractivity contribution in [1.29, 1.82) is 0 Å². The van der Waals surface area contributed by atoms with Crippen LogP contribution >= 0.6 is 11.6 Å². The fourth-order valence-electron chi connectivity index (χ4n) is 1.60. The molecule has 1 unspecified atom stereocenters. The lowest BCUT2D eigenvalue weighted by Crippen LogP contribution is -2.30. The lowest BCUT2D eigenvalue weighted by atomic mass is 9.90. The summed E-state index contributed by atoms with van der Waals surface area (Å²) in [4.78, 5) is 14.9. The van der Waals surface area contributed by atoms with Gasteiger partial charge in [-0.3, -0.25) is 0 Å². The summed E-state index contributed by atoms with van der Waals surface area (Å²) >= 11 is 5.83. The number of ether oxygens (including phenoxy) is 1. The summed E-state index contributed by atoms with van der Waals surface area (Å²) in [5.74, 6) is -0.479. The van der Waals surface area contributed by atoms with E-state index in [1.165, 1.54) is 23.7 Å². The van der Waals surface area contributed by atoms with Gasteiger partial charge in [0.15, 0.2) is 5.82 Å². The monoisotopic (exact) mass is 341 g/mol. The van der Waals surface area contributed by atoms with E-state index in [1.807, 2.05) is 0 Å². The first-order valence-electron chi connectivity index (χ1n) is 6.93. The SMILES string of the molecule is CC(F)C(C)(C)COc1ccn(-c2ccc(C(=O)O)c(Cl)n2)n1. The number of hydrogen-bond acceptors (Lipinski definition) is 4. The number of carbonyl (C=O) groups is 1. The van der Waals surface area contributed by atoms with Crippen molar-refractivity contribution in [3.05, 3.63) is 35.1 Å². The molecule has 1 atom stereocenters. The van der Waals surface area contributed by atoms with E-state index in [9.17, 15) is 9.18 Å². The number of halogens is 2. The van der Waals surface area contributed by atoms with Gasteiger partial charge in [-0.1, -0.05) is 25.4 Å². The van der Waals surface area contributed by atoms with Gasteiger partial charge in [0.2, 0.25) is 5.88 Å². The summed E-state index contributed by atoms with van der Waals surface area (Å²) in [5, 5.41) is 13.0. The second kappa shape index (κ2) is 6.54. The van der Waals surface area contributed by atoms with Gasteiger partial charge in [0.05, 0.1) is 12.2 Å². The van der Waals surface area contributed by atoms with Gasteiger partial charge in [-0.2, -0.15) is 0 Å². The van der Waals surface area contributed by atoms with Crippen LogP contribution in [0.4, 0.5) is 4.39 Å². The van der Waals surface area contributed by atoms with Gasteiger partial charge >= 0.3 is 5.97 Å². The molecule has 0 fully saturated rings. The molecule has 0 aliphatic rings. The third-order valence-electron chi connectivity index (χ3n) is 3.53. The molecule has 0 amide bonds. The number of hydrogen-bond donors (Lipinski definition) is 1. The maximum Gasteiger partial charge on any atom is 0.338 e. The first kappa shape index (κ1) is 17.2. The number of carboxylic acid groups (broad SMARTS) is 1. The van der Waals surface area contributed by atoms with Crippen LogP contribution in [0.25, 0.3) is 5.82 Å². The lowest BCUT2D eigenvalue weighted by molar-refractivity contribution is 0.0696. The molecular formula is C15H17ClFN3O3. The maximum absolute atomic E-state index is 13.4. The van der Waals surface area contributed by atoms with Crippen LogP contribution in [0, 0.1) is 5.41 Å². The van der Waals surface area contributed by atoms with E-state index < -0.39 is 17.6 Å². The lowest BCUT2D eigenvalue weighted by Gasteiger charge is -2.25. The minimum atomic E-state index is -1.15. The van der Waals surface area contributed by atoms with Crippen LogP contribution in [0.3, 0.4) is 0 Å². The molecule has 2 heterocycles. The van der Waals surface area contributed by atoms with Crippen LogP contribution in [0.15, 0.2) is 24.4 Å². The molecule has 0 aliphatic heterocycles. The number of nitrogens with zero attached hydrogens (tertiary/aromatic N) is 3. The van der Waals surface area contributed by atoms with Crippen molar-refractivity contribution in [2.75, 3.05) is 6.61 Å². The second-order valence-electron chi connectivity index (χ2n) is 5.80. The molecule has 0 spiro atoms. The first-order valence-corrected chi connectivity index (χ1v) is 7.31. The number of rotatable bonds is 6. The van der Waals surface area contributed by atoms with Gasteiger partial charge in [0.1, 0.15) is 11.3 Å². The fourth-order valence-corrected chi connectivity index (χ4v) is 1.83. The number of carboxylic acids is 1. The molecule has 8 heteroatoms. The predicted octanol–water partition coefficient (Wildman–Crippen LogP) is 3.38. The highest BCUT2D eigenvalue weighted by atomic mass is 35.5. The Morgan fingerprint density at radius 1 is 1.48 bits per heavy atom. The highest BCUT2D eigenvalue weighted by molar-refractivity contribution is 6.32. The quantitative estimate of drug-likeness (QED) is 0.815. The van der Waals surface area contributed by atoms with Crippen LogP contribution < -0.4 is 4.74 Å². The Kier molecular flexibility index (Phi) is 4.89. The summed E-state index contributed by atoms with van der Waals surface area (Å²) in [7, 11) is 0. The van der Waals surface area contributed by atoms with Crippen LogP contribution in [-0.4, -0.2) is 38.6 Å². The molecule has 23 heavy (non-hydrogen) atoms. The average Bonchev–Trinajstić information content (AvgIpc) is 2.93. The van der Waals surface area contributed by atoms with Crippen LogP contribution in [0.1, 0.15) is 31.1 Å². The molecule has 2 aromatic heterocycles. The Balaban J connectivity index is 2.13. The molecule has 0 bridgehead atoms. The van der Waals surface area contributed by atoms with E-state index in [4.69, 9.17) is 21.4 Å². The molecule has 0 saturated heterocycles. The molecule has 124 valence electrons. The molecular weight excluding hydrogens is 325 g/mol. The van der Waals surface area contributed by atoms with E-state index in [1.54, 1.807) is 26.1 Å². The number of aromatic nitrogens is 3. The van der Waals surface area contributed by atoms with Crippen molar-refractivity contribution in [3.8, 4) is 11.7 Å². The third-order valence-corrected chi connectivity index (χ3v) is 3.82. The predicted molar refractivity (Wildman–Crippen MR) is 83.2 cm³/mol. The fraction of sp³-hybridized carbons (Fsp3) is 0.400. The van der Waals surface area contributed by atoms with Crippen molar-refractivity contribution in [3.63, 3.8) is 0 Å². The van der Waals surface area contributed by atoms with Crippen molar-refractivity contribution in [1.82, 2.24) is 14.8 Å². The van der Waals surface area contributed by atoms with Crippen molar-refractivity contribution in [2.24, 2.45) is 5.41 Å². The van der Waals surface area contributed by atoms with Crippen molar-refractivity contribution >= 4 is 17.6 Å². The second-order valence-corrected chi connectivity index (χ2v) is 6.16. The molecule has 1 N–H and O–H groups in total. The average molecular weight is 342 g/mol. The summed E-state index contributed by atoms with van der Waals surface area (Å²) in [6, 6.07) is 4.45. The van der Waals surface area contributed by atoms with Crippen molar-refractivity contribution in [2.45, 2.75) is 26.9 Å². The Morgan fingerprint density at radius 2 is 2.17 bits per heavy atom. The number of alkyl halides is 1. The van der Waals surface area contributed by atoms with Gasteiger partial charge in [-0.15, -0.1) is 5.10 Å². The molecule has 0 aliphatic carbocycles. The van der Waals surface area contributed by atoms with E-state index in [0.717, 1.165) is 0 Å². The summed E-state index contributed by atoms with van der Waals surface area (Å²) in [6.07, 6.45) is 0.578. The molecule has 0 aromatic carbocycles. The summed E-state index contributed by atoms with van der Waals surface area (Å²) in [5.41, 5.74) is -0.716. The van der Waals surface area contributed by atoms with Crippen LogP contribution in [-0.2, 0) is 0 Å². The molecule has 2 aromatic rings. The van der Waals surface area contributed by atoms with Crippen LogP contribution in [0.5, 0.6) is 5.88 Å². The Morgan fingerprint density at radius 3 is 2.74 bits per heavy atom. The van der Waals surface area contributed by atoms with Gasteiger partial charge in [0, 0.05) is 17.7 Å². The first-order chi connectivity index (χ1) is 10.7. The summed E-state index contributed by atoms with van der Waals surface area (Å²) < 4.78 is 20.3. The van der Waals surface area contributed by atoms with Crippen molar-refractivity contribution < 1.29 is 19.0 Å². The van der Waals surface area contributed by atoms with E-state index in [0.29, 0.717) is 11.7 Å². The molecule has 0 saturated carbocycles. The standard InChI is InChI=1S/C15H17ClFN3O3/c1-9(17)15(2,3)8-23-12-6-7-20(19-12)11-5-4-10(14(21)22)13(16)18-11/h4-7,9H,8H2,1-3H3,(H,21,22). The van der Waals surface area contributed by atoms with Gasteiger partial charge in [-0.25, -0.2) is 18.9 Å². The molecule has 6 nitrogen and oxygen atoms in total. The molecule has 2 rings (SSSR count).